The van der Waals surface area contributed by atoms with E-state index in [1.54, 1.807) is 18.2 Å². The van der Waals surface area contributed by atoms with E-state index < -0.39 is 29.4 Å². The second-order valence-electron chi connectivity index (χ2n) is 8.31. The molecule has 3 heterocycles. The van der Waals surface area contributed by atoms with Gasteiger partial charge < -0.3 is 15.6 Å². The van der Waals surface area contributed by atoms with Gasteiger partial charge in [0.15, 0.2) is 0 Å². The number of fused-ring (bicyclic) bond motifs is 1. The fourth-order valence-electron chi connectivity index (χ4n) is 4.65. The number of phenols is 1. The van der Waals surface area contributed by atoms with Crippen molar-refractivity contribution in [3.8, 4) is 22.6 Å². The van der Waals surface area contributed by atoms with Gasteiger partial charge in [-0.15, -0.1) is 0 Å². The Labute approximate surface area is 203 Å². The van der Waals surface area contributed by atoms with Gasteiger partial charge in [-0.1, -0.05) is 12.1 Å². The Morgan fingerprint density at radius 2 is 1.75 bits per heavy atom. The summed E-state index contributed by atoms with van der Waals surface area (Å²) in [5, 5.41) is 13.8. The molecule has 0 spiro atoms. The largest absolute Gasteiger partial charge is 0.507 e. The lowest BCUT2D eigenvalue weighted by Crippen LogP contribution is -2.42. The molecule has 0 bridgehead atoms. The third-order valence-electron chi connectivity index (χ3n) is 6.29. The zero-order valence-electron chi connectivity index (χ0n) is 18.8. The summed E-state index contributed by atoms with van der Waals surface area (Å²) in [6, 6.07) is 14.3. The Kier molecular flexibility index (Phi) is 5.65. The molecule has 0 fully saturated rings. The number of pyridine rings is 2. The van der Waals surface area contributed by atoms with Crippen LogP contribution in [0.1, 0.15) is 34.2 Å². The lowest BCUT2D eigenvalue weighted by atomic mass is 9.77. The van der Waals surface area contributed by atoms with Gasteiger partial charge in [0.25, 0.3) is 0 Å². The minimum absolute atomic E-state index is 0.0586. The summed E-state index contributed by atoms with van der Waals surface area (Å²) in [6.45, 7) is 0. The van der Waals surface area contributed by atoms with E-state index in [-0.39, 0.29) is 22.4 Å². The van der Waals surface area contributed by atoms with Crippen LogP contribution in [0.2, 0.25) is 0 Å². The van der Waals surface area contributed by atoms with Crippen LogP contribution in [-0.2, 0) is 11.7 Å². The molecule has 184 valence electrons. The van der Waals surface area contributed by atoms with Gasteiger partial charge in [-0.3, -0.25) is 15.3 Å². The first kappa shape index (κ1) is 23.7. The third-order valence-corrected chi connectivity index (χ3v) is 6.29. The monoisotopic (exact) mass is 496 g/mol. The lowest BCUT2D eigenvalue weighted by Gasteiger charge is -2.33. The molecule has 1 aliphatic heterocycles. The van der Waals surface area contributed by atoms with Gasteiger partial charge in [0.2, 0.25) is 0 Å². The molecule has 36 heavy (non-hydrogen) atoms. The molecule has 2 aromatic heterocycles. The number of aromatic nitrogens is 2. The van der Waals surface area contributed by atoms with Crippen molar-refractivity contribution < 1.29 is 27.4 Å². The number of nitrogens with two attached hydrogens (primary N) is 1. The van der Waals surface area contributed by atoms with E-state index in [2.05, 4.69) is 15.3 Å². The minimum atomic E-state index is -4.68. The van der Waals surface area contributed by atoms with Crippen LogP contribution in [0.5, 0.6) is 11.5 Å². The Bertz CT molecular complexity index is 1460. The molecular weight excluding hydrogens is 476 g/mol. The van der Waals surface area contributed by atoms with Crippen molar-refractivity contribution in [1.29, 1.82) is 0 Å². The summed E-state index contributed by atoms with van der Waals surface area (Å²) in [5.74, 6) is -0.468. The first-order valence-electron chi connectivity index (χ1n) is 10.8. The van der Waals surface area contributed by atoms with Crippen LogP contribution in [0, 0.1) is 5.82 Å². The van der Waals surface area contributed by atoms with Crippen LogP contribution >= 0.6 is 0 Å². The van der Waals surface area contributed by atoms with E-state index in [1.165, 1.54) is 49.7 Å². The Morgan fingerprint density at radius 3 is 2.50 bits per heavy atom. The molecule has 10 heteroatoms. The highest BCUT2D eigenvalue weighted by molar-refractivity contribution is 5.74. The molecule has 0 aliphatic carbocycles. The summed E-state index contributed by atoms with van der Waals surface area (Å²) >= 11 is 0. The second-order valence-corrected chi connectivity index (χ2v) is 8.31. The van der Waals surface area contributed by atoms with E-state index in [4.69, 9.17) is 10.5 Å². The Hall–Kier alpha value is -4.02. The van der Waals surface area contributed by atoms with E-state index in [0.29, 0.717) is 22.6 Å². The van der Waals surface area contributed by atoms with Crippen molar-refractivity contribution in [3.05, 3.63) is 107 Å². The molecule has 0 radical (unpaired) electrons. The van der Waals surface area contributed by atoms with Crippen LogP contribution in [0.4, 0.5) is 17.6 Å². The number of nitrogens with one attached hydrogen (secondary N) is 1. The number of methoxy groups -OCH3 is 1. The van der Waals surface area contributed by atoms with Crippen molar-refractivity contribution in [2.75, 3.05) is 7.11 Å². The molecule has 1 aliphatic rings. The zero-order chi connectivity index (χ0) is 25.7. The standard InChI is InChI=1S/C26H20F4N4O2/c1-36-16-5-6-20(27)17(13-16)18-11-14(4-7-21(18)35)25(15-8-10-32-22(12-15)26(28,29)30)19-3-2-9-33-23(19)24(31)34-25/h2-13,24,34-35H,31H2,1H3. The average Bonchev–Trinajstić information content (AvgIpc) is 3.18. The first-order chi connectivity index (χ1) is 17.1. The molecular formula is C26H20F4N4O2. The van der Waals surface area contributed by atoms with Gasteiger partial charge in [-0.2, -0.15) is 13.2 Å². The van der Waals surface area contributed by atoms with E-state index in [1.807, 2.05) is 0 Å². The predicted molar refractivity (Wildman–Crippen MR) is 123 cm³/mol. The van der Waals surface area contributed by atoms with Gasteiger partial charge in [0.05, 0.1) is 18.3 Å². The highest BCUT2D eigenvalue weighted by atomic mass is 19.4. The predicted octanol–water partition coefficient (Wildman–Crippen LogP) is 4.87. The first-order valence-corrected chi connectivity index (χ1v) is 10.8. The molecule has 2 atom stereocenters. The topological polar surface area (TPSA) is 93.3 Å². The zero-order valence-corrected chi connectivity index (χ0v) is 18.8. The maximum atomic E-state index is 14.8. The molecule has 4 N–H and O–H groups in total. The second kappa shape index (κ2) is 8.58. The highest BCUT2D eigenvalue weighted by Crippen LogP contribution is 2.47. The maximum Gasteiger partial charge on any atom is 0.433 e. The van der Waals surface area contributed by atoms with Crippen molar-refractivity contribution >= 4 is 0 Å². The van der Waals surface area contributed by atoms with Crippen LogP contribution < -0.4 is 15.8 Å². The van der Waals surface area contributed by atoms with Crippen molar-refractivity contribution in [2.45, 2.75) is 17.9 Å². The molecule has 2 aromatic carbocycles. The summed E-state index contributed by atoms with van der Waals surface area (Å²) in [6.07, 6.45) is -2.88. The normalized spacial score (nSPS) is 19.2. The number of aromatic hydroxyl groups is 1. The van der Waals surface area contributed by atoms with E-state index in [9.17, 15) is 22.7 Å². The van der Waals surface area contributed by atoms with Gasteiger partial charge in [-0.25, -0.2) is 4.39 Å². The fourth-order valence-corrected chi connectivity index (χ4v) is 4.65. The summed E-state index contributed by atoms with van der Waals surface area (Å²) < 4.78 is 60.8. The number of alkyl halides is 3. The van der Waals surface area contributed by atoms with Crippen molar-refractivity contribution in [3.63, 3.8) is 0 Å². The molecule has 0 saturated carbocycles. The molecule has 5 rings (SSSR count). The minimum Gasteiger partial charge on any atom is -0.507 e. The van der Waals surface area contributed by atoms with Crippen LogP contribution in [0.15, 0.2) is 73.1 Å². The van der Waals surface area contributed by atoms with Gasteiger partial charge in [0, 0.05) is 29.1 Å². The number of hydrogen-bond acceptors (Lipinski definition) is 6. The SMILES string of the molecule is COc1ccc(F)c(-c2cc(C3(c4ccnc(C(F)(F)F)c4)NC(N)c4ncccc43)ccc2O)c1. The number of phenolic OH excluding ortho intramolecular Hbond substituents is 1. The van der Waals surface area contributed by atoms with Gasteiger partial charge in [-0.05, 0) is 59.7 Å². The number of nitrogens with zero attached hydrogens (tertiary/aromatic N) is 2. The number of rotatable bonds is 4. The quantitative estimate of drug-likeness (QED) is 0.349. The maximum absolute atomic E-state index is 14.8. The Balaban J connectivity index is 1.80. The van der Waals surface area contributed by atoms with Crippen LogP contribution in [-0.4, -0.2) is 22.2 Å². The van der Waals surface area contributed by atoms with Crippen LogP contribution in [0.3, 0.4) is 0 Å². The number of hydrogen-bond donors (Lipinski definition) is 3. The highest BCUT2D eigenvalue weighted by Gasteiger charge is 2.47. The summed E-state index contributed by atoms with van der Waals surface area (Å²) in [4.78, 5) is 7.83. The fraction of sp³-hybridized carbons (Fsp3) is 0.154. The average molecular weight is 496 g/mol. The lowest BCUT2D eigenvalue weighted by molar-refractivity contribution is -0.141. The molecule has 4 aromatic rings. The van der Waals surface area contributed by atoms with Crippen molar-refractivity contribution in [1.82, 2.24) is 15.3 Å². The van der Waals surface area contributed by atoms with Crippen LogP contribution in [0.25, 0.3) is 11.1 Å². The van der Waals surface area contributed by atoms with Gasteiger partial charge in [0.1, 0.15) is 29.2 Å². The number of halogens is 4. The smallest absolute Gasteiger partial charge is 0.433 e. The van der Waals surface area contributed by atoms with E-state index in [0.717, 1.165) is 12.3 Å². The molecule has 6 nitrogen and oxygen atoms in total. The van der Waals surface area contributed by atoms with Crippen molar-refractivity contribution in [2.24, 2.45) is 5.73 Å². The number of ether oxygens (including phenoxy) is 1. The summed E-state index contributed by atoms with van der Waals surface area (Å²) in [7, 11) is 1.43. The molecule has 0 amide bonds. The Morgan fingerprint density at radius 1 is 0.972 bits per heavy atom. The molecule has 2 unspecified atom stereocenters. The molecule has 0 saturated heterocycles. The summed E-state index contributed by atoms with van der Waals surface area (Å²) in [5.41, 5.74) is 5.63. The van der Waals surface area contributed by atoms with E-state index >= 15 is 0 Å². The van der Waals surface area contributed by atoms with Gasteiger partial charge >= 0.3 is 6.18 Å². The number of benzene rings is 2. The third kappa shape index (κ3) is 3.75.